The summed E-state index contributed by atoms with van der Waals surface area (Å²) in [5.41, 5.74) is -0.00118. The third-order valence-electron chi connectivity index (χ3n) is 9.09. The van der Waals surface area contributed by atoms with E-state index in [1.165, 1.54) is 102 Å². The molecule has 7 heteroatoms. The lowest BCUT2D eigenvalue weighted by atomic mass is 9.87. The molecule has 0 saturated heterocycles. The van der Waals surface area contributed by atoms with Crippen molar-refractivity contribution in [2.75, 3.05) is 10.5 Å². The van der Waals surface area contributed by atoms with Gasteiger partial charge >= 0.3 is 0 Å². The number of phenolic OH excluding ortho intramolecular Hbond substituents is 2. The Labute approximate surface area is 277 Å². The predicted octanol–water partition coefficient (Wildman–Crippen LogP) is 11.8. The first-order valence-corrected chi connectivity index (χ1v) is 20.5. The van der Waals surface area contributed by atoms with Gasteiger partial charge in [0.05, 0.1) is 17.0 Å². The van der Waals surface area contributed by atoms with Crippen LogP contribution in [0.1, 0.15) is 198 Å². The van der Waals surface area contributed by atoms with Gasteiger partial charge in [0.15, 0.2) is 5.78 Å². The van der Waals surface area contributed by atoms with Crippen molar-refractivity contribution in [3.8, 4) is 11.5 Å². The summed E-state index contributed by atoms with van der Waals surface area (Å²) in [5.74, 6) is -1.02. The summed E-state index contributed by atoms with van der Waals surface area (Å²) in [6, 6.07) is 2.42. The van der Waals surface area contributed by atoms with Gasteiger partial charge in [0, 0.05) is 12.0 Å². The fourth-order valence-electron chi connectivity index (χ4n) is 6.18. The molecule has 0 spiro atoms. The summed E-state index contributed by atoms with van der Waals surface area (Å²) in [6.07, 6.45) is 29.5. The highest BCUT2D eigenvalue weighted by atomic mass is 32.2. The zero-order valence-electron chi connectivity index (χ0n) is 29.4. The molecule has 1 unspecified atom stereocenters. The lowest BCUT2D eigenvalue weighted by Gasteiger charge is -2.18. The number of hydrogen-bond acceptors (Lipinski definition) is 5. The maximum Gasteiger partial charge on any atom is 0.232 e. The minimum absolute atomic E-state index is 0.0377. The number of ketones is 1. The van der Waals surface area contributed by atoms with Gasteiger partial charge in [0.2, 0.25) is 10.0 Å². The summed E-state index contributed by atoms with van der Waals surface area (Å²) < 4.78 is 27.9. The molecule has 0 amide bonds. The molecule has 1 atom stereocenters. The molecule has 0 aliphatic carbocycles. The molecule has 0 heterocycles. The topological polar surface area (TPSA) is 104 Å². The van der Waals surface area contributed by atoms with E-state index >= 15 is 0 Å². The Morgan fingerprint density at radius 1 is 0.578 bits per heavy atom. The van der Waals surface area contributed by atoms with Crippen LogP contribution in [0.25, 0.3) is 0 Å². The first-order valence-electron chi connectivity index (χ1n) is 18.9. The zero-order chi connectivity index (χ0) is 33.2. The molecular weight excluding hydrogens is 582 g/mol. The van der Waals surface area contributed by atoms with E-state index in [0.29, 0.717) is 6.42 Å². The molecule has 1 rings (SSSR count). The highest BCUT2D eigenvalue weighted by Gasteiger charge is 2.24. The summed E-state index contributed by atoms with van der Waals surface area (Å²) in [4.78, 5) is 13.5. The number of Topliss-reactive ketones (excluding diaryl/α,β-unsaturated/α-hetero) is 1. The first-order chi connectivity index (χ1) is 21.8. The van der Waals surface area contributed by atoms with E-state index in [-0.39, 0.29) is 40.2 Å². The molecule has 3 N–H and O–H groups in total. The quantitative estimate of drug-likeness (QED) is 0.0321. The van der Waals surface area contributed by atoms with Gasteiger partial charge in [0.25, 0.3) is 0 Å². The largest absolute Gasteiger partial charge is 0.507 e. The molecule has 6 nitrogen and oxygen atoms in total. The molecule has 45 heavy (non-hydrogen) atoms. The van der Waals surface area contributed by atoms with Crippen molar-refractivity contribution in [2.45, 2.75) is 188 Å². The molecule has 0 bridgehead atoms. The van der Waals surface area contributed by atoms with Gasteiger partial charge in [-0.1, -0.05) is 168 Å². The maximum atomic E-state index is 13.5. The number of carbonyl (C=O) groups is 1. The van der Waals surface area contributed by atoms with Gasteiger partial charge in [-0.3, -0.25) is 9.52 Å². The third-order valence-corrected chi connectivity index (χ3v) is 10.5. The van der Waals surface area contributed by atoms with Crippen molar-refractivity contribution < 1.29 is 23.4 Å². The minimum atomic E-state index is -3.68. The molecule has 0 fully saturated rings. The number of carbonyl (C=O) groups excluding carboxylic acids is 1. The van der Waals surface area contributed by atoms with Crippen molar-refractivity contribution in [3.05, 3.63) is 17.7 Å². The average molecular weight is 652 g/mol. The number of aromatic hydroxyl groups is 2. The van der Waals surface area contributed by atoms with Crippen LogP contribution >= 0.6 is 0 Å². The molecule has 1 aromatic carbocycles. The second-order valence-electron chi connectivity index (χ2n) is 13.4. The number of rotatable bonds is 31. The van der Waals surface area contributed by atoms with Gasteiger partial charge in [-0.05, 0) is 25.3 Å². The monoisotopic (exact) mass is 651 g/mol. The van der Waals surface area contributed by atoms with Gasteiger partial charge in [0.1, 0.15) is 11.5 Å². The average Bonchev–Trinajstić information content (AvgIpc) is 3.01. The van der Waals surface area contributed by atoms with Crippen LogP contribution in [0.15, 0.2) is 12.1 Å². The predicted molar refractivity (Wildman–Crippen MR) is 192 cm³/mol. The standard InChI is InChI=1S/C38H69NO5S/c1-4-7-10-13-15-16-17-18-19-20-21-22-24-27-30-45(43,44)39-35-32-36(40)34(31-37(35)41)38(42)33(28-25-12-9-6-3)29-26-23-14-11-8-5-2/h31-33,39-41H,4-30H2,1-3H3. The number of sulfonamides is 1. The number of anilines is 1. The van der Waals surface area contributed by atoms with Crippen LogP contribution in [-0.2, 0) is 10.0 Å². The Morgan fingerprint density at radius 3 is 1.40 bits per heavy atom. The van der Waals surface area contributed by atoms with Crippen LogP contribution in [0.3, 0.4) is 0 Å². The summed E-state index contributed by atoms with van der Waals surface area (Å²) in [6.45, 7) is 6.61. The van der Waals surface area contributed by atoms with Gasteiger partial charge in [-0.2, -0.15) is 0 Å². The molecule has 0 saturated carbocycles. The molecule has 0 aliphatic rings. The SMILES string of the molecule is CCCCCCCCCCCCCCCCS(=O)(=O)Nc1cc(O)c(C(=O)C(CCCCCC)CCCCCCCC)cc1O. The lowest BCUT2D eigenvalue weighted by Crippen LogP contribution is -2.18. The number of unbranched alkanes of at least 4 members (excludes halogenated alkanes) is 21. The molecule has 0 aromatic heterocycles. The van der Waals surface area contributed by atoms with E-state index in [1.54, 1.807) is 0 Å². The lowest BCUT2D eigenvalue weighted by molar-refractivity contribution is 0.0898. The van der Waals surface area contributed by atoms with Crippen LogP contribution in [0.2, 0.25) is 0 Å². The van der Waals surface area contributed by atoms with Gasteiger partial charge < -0.3 is 10.2 Å². The summed E-state index contributed by atoms with van der Waals surface area (Å²) in [7, 11) is -3.68. The number of nitrogens with one attached hydrogen (secondary N) is 1. The second kappa shape index (κ2) is 26.3. The van der Waals surface area contributed by atoms with Crippen LogP contribution < -0.4 is 4.72 Å². The van der Waals surface area contributed by atoms with Crippen LogP contribution in [0.4, 0.5) is 5.69 Å². The molecule has 0 radical (unpaired) electrons. The van der Waals surface area contributed by atoms with Gasteiger partial charge in [-0.25, -0.2) is 8.42 Å². The van der Waals surface area contributed by atoms with E-state index in [2.05, 4.69) is 25.5 Å². The van der Waals surface area contributed by atoms with Crippen LogP contribution in [0, 0.1) is 5.92 Å². The van der Waals surface area contributed by atoms with Crippen molar-refractivity contribution >= 4 is 21.5 Å². The highest BCUT2D eigenvalue weighted by molar-refractivity contribution is 7.92. The first kappa shape index (κ1) is 41.3. The maximum absolute atomic E-state index is 13.5. The minimum Gasteiger partial charge on any atom is -0.507 e. The fraction of sp³-hybridized carbons (Fsp3) is 0.816. The summed E-state index contributed by atoms with van der Waals surface area (Å²) >= 11 is 0. The number of phenols is 2. The van der Waals surface area contributed by atoms with E-state index in [4.69, 9.17) is 0 Å². The van der Waals surface area contributed by atoms with Crippen molar-refractivity contribution in [1.29, 1.82) is 0 Å². The molecule has 0 aliphatic heterocycles. The Hall–Kier alpha value is -1.76. The zero-order valence-corrected chi connectivity index (χ0v) is 30.2. The van der Waals surface area contributed by atoms with E-state index in [0.717, 1.165) is 70.6 Å². The third kappa shape index (κ3) is 20.2. The smallest absolute Gasteiger partial charge is 0.232 e. The van der Waals surface area contributed by atoms with Crippen molar-refractivity contribution in [1.82, 2.24) is 0 Å². The van der Waals surface area contributed by atoms with Crippen molar-refractivity contribution in [2.24, 2.45) is 5.92 Å². The number of hydrogen-bond donors (Lipinski definition) is 3. The number of benzene rings is 1. The second-order valence-corrected chi connectivity index (χ2v) is 15.2. The van der Waals surface area contributed by atoms with Crippen molar-refractivity contribution in [3.63, 3.8) is 0 Å². The summed E-state index contributed by atoms with van der Waals surface area (Å²) in [5, 5.41) is 21.4. The normalized spacial score (nSPS) is 12.4. The highest BCUT2D eigenvalue weighted by Crippen LogP contribution is 2.35. The van der Waals surface area contributed by atoms with E-state index in [9.17, 15) is 23.4 Å². The Kier molecular flexibility index (Phi) is 24.1. The Morgan fingerprint density at radius 2 is 0.956 bits per heavy atom. The Bertz CT molecular complexity index is 994. The van der Waals surface area contributed by atoms with E-state index < -0.39 is 10.0 Å². The van der Waals surface area contributed by atoms with Crippen LogP contribution in [-0.4, -0.2) is 30.2 Å². The Balaban J connectivity index is 2.51. The van der Waals surface area contributed by atoms with Crippen LogP contribution in [0.5, 0.6) is 11.5 Å². The fourth-order valence-corrected chi connectivity index (χ4v) is 7.36. The van der Waals surface area contributed by atoms with Gasteiger partial charge in [-0.15, -0.1) is 0 Å². The molecule has 1 aromatic rings. The molecular formula is C38H69NO5S. The van der Waals surface area contributed by atoms with E-state index in [1.807, 2.05) is 0 Å². The molecule has 262 valence electrons.